The van der Waals surface area contributed by atoms with Gasteiger partial charge in [0.1, 0.15) is 18.2 Å². The third kappa shape index (κ3) is 3.33. The fourth-order valence-electron chi connectivity index (χ4n) is 1.81. The molecule has 0 aliphatic carbocycles. The van der Waals surface area contributed by atoms with Crippen LogP contribution in [0.4, 0.5) is 10.1 Å². The van der Waals surface area contributed by atoms with Crippen molar-refractivity contribution in [3.63, 3.8) is 0 Å². The van der Waals surface area contributed by atoms with Gasteiger partial charge in [0.05, 0.1) is 10.5 Å². The molecule has 20 heavy (non-hydrogen) atoms. The Morgan fingerprint density at radius 3 is 2.75 bits per heavy atom. The summed E-state index contributed by atoms with van der Waals surface area (Å²) in [4.78, 5) is 10.4. The van der Waals surface area contributed by atoms with Crippen LogP contribution in [0.1, 0.15) is 11.1 Å². The molecule has 0 aromatic heterocycles. The first-order valence-corrected chi connectivity index (χ1v) is 6.58. The average Bonchev–Trinajstić information content (AvgIpc) is 2.36. The van der Waals surface area contributed by atoms with Gasteiger partial charge in [-0.2, -0.15) is 0 Å². The van der Waals surface area contributed by atoms with E-state index in [2.05, 4.69) is 15.9 Å². The minimum atomic E-state index is -0.457. The van der Waals surface area contributed by atoms with Gasteiger partial charge in [0, 0.05) is 10.5 Å². The Morgan fingerprint density at radius 2 is 2.10 bits per heavy atom. The second-order valence-corrected chi connectivity index (χ2v) is 5.14. The van der Waals surface area contributed by atoms with Crippen LogP contribution < -0.4 is 4.74 Å². The van der Waals surface area contributed by atoms with E-state index in [4.69, 9.17) is 4.74 Å². The molecule has 0 fully saturated rings. The molecule has 0 spiro atoms. The van der Waals surface area contributed by atoms with Gasteiger partial charge < -0.3 is 4.74 Å². The Bertz CT molecular complexity index is 641. The van der Waals surface area contributed by atoms with Crippen molar-refractivity contribution in [1.82, 2.24) is 0 Å². The third-order valence-corrected chi connectivity index (χ3v) is 3.23. The third-order valence-electron chi connectivity index (χ3n) is 2.77. The van der Waals surface area contributed by atoms with Crippen molar-refractivity contribution in [3.05, 3.63) is 67.9 Å². The maximum atomic E-state index is 13.2. The minimum absolute atomic E-state index is 0.00271. The summed E-state index contributed by atoms with van der Waals surface area (Å²) in [5.74, 6) is 0.0494. The smallest absolute Gasteiger partial charge is 0.276 e. The minimum Gasteiger partial charge on any atom is -0.488 e. The summed E-state index contributed by atoms with van der Waals surface area (Å²) >= 11 is 3.20. The number of hydrogen-bond donors (Lipinski definition) is 0. The van der Waals surface area contributed by atoms with Gasteiger partial charge in [0.15, 0.2) is 0 Å². The first-order valence-electron chi connectivity index (χ1n) is 5.79. The lowest BCUT2D eigenvalue weighted by Gasteiger charge is -2.09. The molecule has 2 rings (SSSR count). The quantitative estimate of drug-likeness (QED) is 0.613. The number of halogens is 2. The van der Waals surface area contributed by atoms with Crippen LogP contribution in [0.3, 0.4) is 0 Å². The molecule has 0 saturated carbocycles. The lowest BCUT2D eigenvalue weighted by molar-refractivity contribution is -0.385. The van der Waals surface area contributed by atoms with Crippen molar-refractivity contribution in [2.75, 3.05) is 0 Å². The first kappa shape index (κ1) is 14.5. The molecule has 0 aliphatic heterocycles. The normalized spacial score (nSPS) is 10.3. The molecule has 0 N–H and O–H groups in total. The molecule has 0 atom stereocenters. The SMILES string of the molecule is Cc1c(OCc2cc(F)cc(Br)c2)cccc1[N+](=O)[O-]. The number of ether oxygens (including phenoxy) is 1. The molecule has 0 aliphatic rings. The van der Waals surface area contributed by atoms with Crippen molar-refractivity contribution in [2.24, 2.45) is 0 Å². The first-order chi connectivity index (χ1) is 9.47. The summed E-state index contributed by atoms with van der Waals surface area (Å²) in [6.07, 6.45) is 0. The lowest BCUT2D eigenvalue weighted by atomic mass is 10.2. The highest BCUT2D eigenvalue weighted by molar-refractivity contribution is 9.10. The molecule has 0 unspecified atom stereocenters. The molecule has 104 valence electrons. The van der Waals surface area contributed by atoms with E-state index in [0.29, 0.717) is 21.3 Å². The topological polar surface area (TPSA) is 52.4 Å². The summed E-state index contributed by atoms with van der Waals surface area (Å²) in [6, 6.07) is 9.06. The van der Waals surface area contributed by atoms with Crippen LogP contribution in [0.2, 0.25) is 0 Å². The summed E-state index contributed by atoms with van der Waals surface area (Å²) in [5, 5.41) is 10.8. The molecule has 0 radical (unpaired) electrons. The van der Waals surface area contributed by atoms with Crippen LogP contribution in [0.25, 0.3) is 0 Å². The Labute approximate surface area is 123 Å². The molecule has 2 aromatic rings. The molecular weight excluding hydrogens is 329 g/mol. The van der Waals surface area contributed by atoms with Crippen LogP contribution in [0.5, 0.6) is 5.75 Å². The van der Waals surface area contributed by atoms with Crippen LogP contribution in [-0.4, -0.2) is 4.92 Å². The Balaban J connectivity index is 2.19. The predicted molar refractivity (Wildman–Crippen MR) is 76.3 cm³/mol. The van der Waals surface area contributed by atoms with Gasteiger partial charge >= 0.3 is 0 Å². The highest BCUT2D eigenvalue weighted by Crippen LogP contribution is 2.28. The molecular formula is C14H11BrFNO3. The Morgan fingerprint density at radius 1 is 1.35 bits per heavy atom. The fraction of sp³-hybridized carbons (Fsp3) is 0.143. The fourth-order valence-corrected chi connectivity index (χ4v) is 2.33. The maximum Gasteiger partial charge on any atom is 0.276 e. The molecule has 6 heteroatoms. The molecule has 4 nitrogen and oxygen atoms in total. The maximum absolute atomic E-state index is 13.2. The Kier molecular flexibility index (Phi) is 4.34. The summed E-state index contributed by atoms with van der Waals surface area (Å²) < 4.78 is 19.4. The standard InChI is InChI=1S/C14H11BrFNO3/c1-9-13(17(18)19)3-2-4-14(9)20-8-10-5-11(15)7-12(16)6-10/h2-7H,8H2,1H3. The van der Waals surface area contributed by atoms with E-state index in [9.17, 15) is 14.5 Å². The Hall–Kier alpha value is -1.95. The second-order valence-electron chi connectivity index (χ2n) is 4.22. The van der Waals surface area contributed by atoms with E-state index in [1.54, 1.807) is 25.1 Å². The molecule has 0 heterocycles. The zero-order chi connectivity index (χ0) is 14.7. The van der Waals surface area contributed by atoms with Crippen molar-refractivity contribution in [3.8, 4) is 5.75 Å². The number of nitro benzene ring substituents is 1. The number of rotatable bonds is 4. The van der Waals surface area contributed by atoms with Crippen LogP contribution in [0, 0.1) is 22.9 Å². The van der Waals surface area contributed by atoms with Gasteiger partial charge in [-0.1, -0.05) is 22.0 Å². The molecule has 0 amide bonds. The van der Waals surface area contributed by atoms with E-state index >= 15 is 0 Å². The monoisotopic (exact) mass is 339 g/mol. The van der Waals surface area contributed by atoms with Gasteiger partial charge in [-0.3, -0.25) is 10.1 Å². The summed E-state index contributed by atoms with van der Waals surface area (Å²) in [5.41, 5.74) is 1.10. The van der Waals surface area contributed by atoms with Gasteiger partial charge in [-0.25, -0.2) is 4.39 Å². The summed E-state index contributed by atoms with van der Waals surface area (Å²) in [6.45, 7) is 1.76. The van der Waals surface area contributed by atoms with Crippen LogP contribution in [-0.2, 0) is 6.61 Å². The number of benzene rings is 2. The predicted octanol–water partition coefficient (Wildman–Crippen LogP) is 4.38. The number of nitro groups is 1. The van der Waals surface area contributed by atoms with E-state index in [-0.39, 0.29) is 18.1 Å². The molecule has 0 saturated heterocycles. The largest absolute Gasteiger partial charge is 0.488 e. The van der Waals surface area contributed by atoms with Gasteiger partial charge in [-0.05, 0) is 36.8 Å². The van der Waals surface area contributed by atoms with E-state index < -0.39 is 4.92 Å². The van der Waals surface area contributed by atoms with E-state index in [1.165, 1.54) is 18.2 Å². The highest BCUT2D eigenvalue weighted by Gasteiger charge is 2.14. The summed E-state index contributed by atoms with van der Waals surface area (Å²) in [7, 11) is 0. The zero-order valence-electron chi connectivity index (χ0n) is 10.6. The highest BCUT2D eigenvalue weighted by atomic mass is 79.9. The van der Waals surface area contributed by atoms with Crippen LogP contribution in [0.15, 0.2) is 40.9 Å². The zero-order valence-corrected chi connectivity index (χ0v) is 12.2. The van der Waals surface area contributed by atoms with Crippen molar-refractivity contribution < 1.29 is 14.1 Å². The molecule has 2 aromatic carbocycles. The van der Waals surface area contributed by atoms with Crippen molar-refractivity contribution >= 4 is 21.6 Å². The molecule has 0 bridgehead atoms. The number of nitrogens with zero attached hydrogens (tertiary/aromatic N) is 1. The number of hydrogen-bond acceptors (Lipinski definition) is 3. The van der Waals surface area contributed by atoms with E-state index in [1.807, 2.05) is 0 Å². The van der Waals surface area contributed by atoms with Gasteiger partial charge in [-0.15, -0.1) is 0 Å². The average molecular weight is 340 g/mol. The van der Waals surface area contributed by atoms with Gasteiger partial charge in [0.25, 0.3) is 5.69 Å². The van der Waals surface area contributed by atoms with Crippen LogP contribution >= 0.6 is 15.9 Å². The second kappa shape index (κ2) is 6.00. The van der Waals surface area contributed by atoms with Crippen molar-refractivity contribution in [1.29, 1.82) is 0 Å². The van der Waals surface area contributed by atoms with E-state index in [0.717, 1.165) is 0 Å². The van der Waals surface area contributed by atoms with Gasteiger partial charge in [0.2, 0.25) is 0 Å². The van der Waals surface area contributed by atoms with Crippen molar-refractivity contribution in [2.45, 2.75) is 13.5 Å². The lowest BCUT2D eigenvalue weighted by Crippen LogP contribution is -2.00.